The average molecular weight is 284 g/mol. The third-order valence-corrected chi connectivity index (χ3v) is 2.91. The minimum Gasteiger partial charge on any atom is -0.508 e. The molecule has 108 valence electrons. The lowest BCUT2D eigenvalue weighted by Gasteiger charge is -2.04. The molecule has 0 bridgehead atoms. The first-order valence-electron chi connectivity index (χ1n) is 6.45. The number of benzene rings is 2. The number of hydrazone groups is 1. The molecule has 0 saturated heterocycles. The van der Waals surface area contributed by atoms with Crippen molar-refractivity contribution >= 4 is 11.6 Å². The summed E-state index contributed by atoms with van der Waals surface area (Å²) in [5.41, 5.74) is 4.63. The van der Waals surface area contributed by atoms with Crippen molar-refractivity contribution in [2.24, 2.45) is 5.10 Å². The van der Waals surface area contributed by atoms with Gasteiger partial charge in [0, 0.05) is 0 Å². The molecule has 5 nitrogen and oxygen atoms in total. The molecule has 2 rings (SSSR count). The summed E-state index contributed by atoms with van der Waals surface area (Å²) in [4.78, 5) is 11.8. The third kappa shape index (κ3) is 4.35. The molecule has 2 aromatic rings. The predicted molar refractivity (Wildman–Crippen MR) is 80.3 cm³/mol. The van der Waals surface area contributed by atoms with Gasteiger partial charge in [0.2, 0.25) is 5.91 Å². The Hall–Kier alpha value is -2.82. The summed E-state index contributed by atoms with van der Waals surface area (Å²) >= 11 is 0. The van der Waals surface area contributed by atoms with Crippen LogP contribution in [0, 0.1) is 0 Å². The number of nitrogens with zero attached hydrogens (tertiary/aromatic N) is 1. The number of carbonyl (C=O) groups excluding carboxylic acids is 1. The van der Waals surface area contributed by atoms with Crippen LogP contribution in [0.2, 0.25) is 0 Å². The van der Waals surface area contributed by atoms with E-state index in [9.17, 15) is 15.0 Å². The van der Waals surface area contributed by atoms with Gasteiger partial charge < -0.3 is 10.2 Å². The van der Waals surface area contributed by atoms with E-state index in [-0.39, 0.29) is 23.8 Å². The highest BCUT2D eigenvalue weighted by molar-refractivity contribution is 5.99. The molecule has 0 atom stereocenters. The molecule has 0 aliphatic carbocycles. The number of phenolic OH excluding ortho intramolecular Hbond substituents is 2. The predicted octanol–water partition coefficient (Wildman–Crippen LogP) is 2.18. The zero-order chi connectivity index (χ0) is 15.2. The maximum atomic E-state index is 11.8. The van der Waals surface area contributed by atoms with Gasteiger partial charge in [0.1, 0.15) is 11.5 Å². The molecule has 0 heterocycles. The smallest absolute Gasteiger partial charge is 0.244 e. The number of phenols is 2. The van der Waals surface area contributed by atoms with Crippen molar-refractivity contribution in [3.63, 3.8) is 0 Å². The van der Waals surface area contributed by atoms with Gasteiger partial charge in [-0.15, -0.1) is 0 Å². The number of aromatic hydroxyl groups is 2. The Balaban J connectivity index is 1.96. The van der Waals surface area contributed by atoms with Crippen LogP contribution in [0.3, 0.4) is 0 Å². The molecule has 0 spiro atoms. The lowest BCUT2D eigenvalue weighted by Crippen LogP contribution is -2.21. The average Bonchev–Trinajstić information content (AvgIpc) is 2.45. The third-order valence-electron chi connectivity index (χ3n) is 2.91. The van der Waals surface area contributed by atoms with Crippen LogP contribution in [0.25, 0.3) is 0 Å². The van der Waals surface area contributed by atoms with Crippen molar-refractivity contribution in [2.45, 2.75) is 13.3 Å². The molecule has 5 heteroatoms. The van der Waals surface area contributed by atoms with Crippen LogP contribution >= 0.6 is 0 Å². The fraction of sp³-hybridized carbons (Fsp3) is 0.125. The summed E-state index contributed by atoms with van der Waals surface area (Å²) in [5.74, 6) is 0.0438. The SMILES string of the molecule is C/C(=N\NC(=O)Cc1cccc(O)c1)c1ccc(O)cc1. The van der Waals surface area contributed by atoms with E-state index in [1.807, 2.05) is 0 Å². The zero-order valence-electron chi connectivity index (χ0n) is 11.6. The summed E-state index contributed by atoms with van der Waals surface area (Å²) in [7, 11) is 0. The molecular weight excluding hydrogens is 268 g/mol. The standard InChI is InChI=1S/C16H16N2O3/c1-11(13-5-7-14(19)8-6-13)17-18-16(21)10-12-3-2-4-15(20)9-12/h2-9,19-20H,10H2,1H3,(H,18,21)/b17-11+. The lowest BCUT2D eigenvalue weighted by atomic mass is 10.1. The number of hydrogen-bond donors (Lipinski definition) is 3. The van der Waals surface area contributed by atoms with E-state index in [2.05, 4.69) is 10.5 Å². The van der Waals surface area contributed by atoms with Crippen LogP contribution in [0.15, 0.2) is 53.6 Å². The van der Waals surface area contributed by atoms with Crippen LogP contribution in [0.4, 0.5) is 0 Å². The molecule has 2 aromatic carbocycles. The van der Waals surface area contributed by atoms with Crippen molar-refractivity contribution < 1.29 is 15.0 Å². The monoisotopic (exact) mass is 284 g/mol. The molecule has 0 unspecified atom stereocenters. The Kier molecular flexibility index (Phi) is 4.56. The summed E-state index contributed by atoms with van der Waals surface area (Å²) in [6.07, 6.45) is 0.140. The van der Waals surface area contributed by atoms with Gasteiger partial charge in [-0.1, -0.05) is 12.1 Å². The van der Waals surface area contributed by atoms with Crippen LogP contribution in [0.1, 0.15) is 18.1 Å². The second-order valence-corrected chi connectivity index (χ2v) is 4.63. The number of rotatable bonds is 4. The Bertz CT molecular complexity index is 663. The normalized spacial score (nSPS) is 11.2. The first-order valence-corrected chi connectivity index (χ1v) is 6.45. The van der Waals surface area contributed by atoms with E-state index in [1.54, 1.807) is 49.4 Å². The largest absolute Gasteiger partial charge is 0.508 e. The molecule has 1 amide bonds. The van der Waals surface area contributed by atoms with Gasteiger partial charge in [-0.2, -0.15) is 5.10 Å². The Morgan fingerprint density at radius 3 is 2.48 bits per heavy atom. The lowest BCUT2D eigenvalue weighted by molar-refractivity contribution is -0.120. The van der Waals surface area contributed by atoms with E-state index in [0.717, 1.165) is 5.56 Å². The second kappa shape index (κ2) is 6.56. The summed E-state index contributed by atoms with van der Waals surface area (Å²) in [6, 6.07) is 13.1. The highest BCUT2D eigenvalue weighted by Gasteiger charge is 2.04. The number of nitrogens with one attached hydrogen (secondary N) is 1. The van der Waals surface area contributed by atoms with Crippen molar-refractivity contribution in [2.75, 3.05) is 0 Å². The van der Waals surface area contributed by atoms with Gasteiger partial charge in [-0.25, -0.2) is 5.43 Å². The second-order valence-electron chi connectivity index (χ2n) is 4.63. The van der Waals surface area contributed by atoms with Gasteiger partial charge in [-0.3, -0.25) is 4.79 Å². The Morgan fingerprint density at radius 2 is 1.81 bits per heavy atom. The van der Waals surface area contributed by atoms with Crippen LogP contribution < -0.4 is 5.43 Å². The van der Waals surface area contributed by atoms with Gasteiger partial charge in [0.05, 0.1) is 12.1 Å². The van der Waals surface area contributed by atoms with Crippen molar-refractivity contribution in [3.05, 3.63) is 59.7 Å². The number of hydrogen-bond acceptors (Lipinski definition) is 4. The van der Waals surface area contributed by atoms with Crippen molar-refractivity contribution in [3.8, 4) is 11.5 Å². The fourth-order valence-corrected chi connectivity index (χ4v) is 1.80. The molecule has 0 aliphatic heterocycles. The van der Waals surface area contributed by atoms with E-state index in [4.69, 9.17) is 0 Å². The summed E-state index contributed by atoms with van der Waals surface area (Å²) in [6.45, 7) is 1.76. The van der Waals surface area contributed by atoms with Gasteiger partial charge in [-0.05, 0) is 54.4 Å². The quantitative estimate of drug-likeness (QED) is 0.594. The molecule has 0 radical (unpaired) electrons. The van der Waals surface area contributed by atoms with E-state index < -0.39 is 0 Å². The minimum absolute atomic E-state index is 0.129. The highest BCUT2D eigenvalue weighted by atomic mass is 16.3. The maximum absolute atomic E-state index is 11.8. The molecule has 0 aliphatic rings. The Morgan fingerprint density at radius 1 is 1.10 bits per heavy atom. The maximum Gasteiger partial charge on any atom is 0.244 e. The van der Waals surface area contributed by atoms with Crippen LogP contribution in [0.5, 0.6) is 11.5 Å². The zero-order valence-corrected chi connectivity index (χ0v) is 11.6. The number of amides is 1. The highest BCUT2D eigenvalue weighted by Crippen LogP contribution is 2.12. The molecule has 21 heavy (non-hydrogen) atoms. The molecule has 3 N–H and O–H groups in total. The first kappa shape index (κ1) is 14.6. The van der Waals surface area contributed by atoms with Crippen molar-refractivity contribution in [1.29, 1.82) is 0 Å². The molecule has 0 aromatic heterocycles. The van der Waals surface area contributed by atoms with E-state index >= 15 is 0 Å². The van der Waals surface area contributed by atoms with Crippen molar-refractivity contribution in [1.82, 2.24) is 5.43 Å². The van der Waals surface area contributed by atoms with Crippen LogP contribution in [-0.4, -0.2) is 21.8 Å². The summed E-state index contributed by atoms with van der Waals surface area (Å²) < 4.78 is 0. The summed E-state index contributed by atoms with van der Waals surface area (Å²) in [5, 5.41) is 22.6. The minimum atomic E-state index is -0.265. The Labute approximate surface area is 122 Å². The van der Waals surface area contributed by atoms with Gasteiger partial charge in [0.25, 0.3) is 0 Å². The van der Waals surface area contributed by atoms with Crippen LogP contribution in [-0.2, 0) is 11.2 Å². The van der Waals surface area contributed by atoms with Gasteiger partial charge in [0.15, 0.2) is 0 Å². The molecule has 0 fully saturated rings. The molecular formula is C16H16N2O3. The fourth-order valence-electron chi connectivity index (χ4n) is 1.80. The topological polar surface area (TPSA) is 81.9 Å². The molecule has 0 saturated carbocycles. The van der Waals surface area contributed by atoms with E-state index in [0.29, 0.717) is 11.3 Å². The first-order chi connectivity index (χ1) is 10.0. The number of carbonyl (C=O) groups is 1. The van der Waals surface area contributed by atoms with Gasteiger partial charge >= 0.3 is 0 Å². The van der Waals surface area contributed by atoms with E-state index in [1.165, 1.54) is 6.07 Å².